The summed E-state index contributed by atoms with van der Waals surface area (Å²) in [4.78, 5) is 14.7. The Morgan fingerprint density at radius 3 is 2.50 bits per heavy atom. The predicted octanol–water partition coefficient (Wildman–Crippen LogP) is 0.286. The van der Waals surface area contributed by atoms with Crippen LogP contribution in [0, 0.1) is 5.82 Å². The molecular formula is C12H16FN3O3S. The topological polar surface area (TPSA) is 83.7 Å². The van der Waals surface area contributed by atoms with Gasteiger partial charge in [-0.25, -0.2) is 17.9 Å². The number of nitrogens with zero attached hydrogens (tertiary/aromatic N) is 2. The zero-order valence-corrected chi connectivity index (χ0v) is 12.0. The van der Waals surface area contributed by atoms with E-state index in [-0.39, 0.29) is 18.9 Å². The van der Waals surface area contributed by atoms with Gasteiger partial charge >= 0.3 is 0 Å². The number of halogens is 1. The molecule has 0 aliphatic carbocycles. The Labute approximate surface area is 117 Å². The van der Waals surface area contributed by atoms with Gasteiger partial charge < -0.3 is 9.80 Å². The van der Waals surface area contributed by atoms with Gasteiger partial charge in [-0.1, -0.05) is 0 Å². The molecule has 1 saturated heterocycles. The summed E-state index contributed by atoms with van der Waals surface area (Å²) in [6.45, 7) is -0.0432. The number of hydrogen-bond donors (Lipinski definition) is 1. The third-order valence-electron chi connectivity index (χ3n) is 3.28. The molecule has 20 heavy (non-hydrogen) atoms. The first-order chi connectivity index (χ1) is 9.20. The van der Waals surface area contributed by atoms with Crippen molar-refractivity contribution < 1.29 is 17.6 Å². The number of carbonyl (C=O) groups is 1. The van der Waals surface area contributed by atoms with Crippen LogP contribution in [0.25, 0.3) is 0 Å². The fourth-order valence-electron chi connectivity index (χ4n) is 2.17. The minimum atomic E-state index is -3.77. The summed E-state index contributed by atoms with van der Waals surface area (Å²) in [5.41, 5.74) is 0.729. The van der Waals surface area contributed by atoms with Gasteiger partial charge in [0.2, 0.25) is 15.9 Å². The fraction of sp³-hybridized carbons (Fsp3) is 0.417. The number of amides is 1. The molecule has 1 unspecified atom stereocenters. The first-order valence-electron chi connectivity index (χ1n) is 5.99. The Morgan fingerprint density at radius 1 is 1.40 bits per heavy atom. The zero-order valence-electron chi connectivity index (χ0n) is 11.2. The minimum Gasteiger partial charge on any atom is -0.375 e. The number of hydrogen-bond acceptors (Lipinski definition) is 4. The van der Waals surface area contributed by atoms with Gasteiger partial charge in [0.25, 0.3) is 0 Å². The highest BCUT2D eigenvalue weighted by Crippen LogP contribution is 2.28. The van der Waals surface area contributed by atoms with Crippen LogP contribution in [0.15, 0.2) is 18.2 Å². The lowest BCUT2D eigenvalue weighted by molar-refractivity contribution is -0.117. The maximum absolute atomic E-state index is 13.9. The van der Waals surface area contributed by atoms with E-state index in [0.717, 1.165) is 0 Å². The van der Waals surface area contributed by atoms with Crippen molar-refractivity contribution in [2.75, 3.05) is 30.4 Å². The summed E-state index contributed by atoms with van der Waals surface area (Å²) in [5, 5.41) is 4.11. The lowest BCUT2D eigenvalue weighted by Crippen LogP contribution is -2.32. The summed E-state index contributed by atoms with van der Waals surface area (Å²) in [7, 11) is -0.364. The molecule has 1 aromatic rings. The Bertz CT molecular complexity index is 645. The number of benzene rings is 1. The molecule has 8 heteroatoms. The molecule has 6 nitrogen and oxygen atoms in total. The molecule has 1 heterocycles. The Hall–Kier alpha value is -1.67. The van der Waals surface area contributed by atoms with Crippen LogP contribution in [0.1, 0.15) is 6.42 Å². The van der Waals surface area contributed by atoms with Crippen molar-refractivity contribution in [1.29, 1.82) is 0 Å². The summed E-state index contributed by atoms with van der Waals surface area (Å²) >= 11 is 0. The zero-order chi connectivity index (χ0) is 15.1. The van der Waals surface area contributed by atoms with Crippen LogP contribution in [0.4, 0.5) is 15.8 Å². The second-order valence-electron chi connectivity index (χ2n) is 4.95. The number of anilines is 2. The molecule has 2 N–H and O–H groups in total. The standard InChI is InChI=1S/C12H16FN3O3S/c1-15(2)11-4-3-8(5-10(11)13)16-7-9(6-12(16)17)20(14,18)19/h3-5,9H,6-7H2,1-2H3,(H2,14,18,19). The van der Waals surface area contributed by atoms with Gasteiger partial charge in [0.15, 0.2) is 0 Å². The van der Waals surface area contributed by atoms with Gasteiger partial charge in [0.05, 0.1) is 5.69 Å². The van der Waals surface area contributed by atoms with E-state index in [1.807, 2.05) is 0 Å². The molecule has 0 spiro atoms. The SMILES string of the molecule is CN(C)c1ccc(N2CC(S(N)(=O)=O)CC2=O)cc1F. The number of nitrogens with two attached hydrogens (primary N) is 1. The normalized spacial score (nSPS) is 19.5. The summed E-state index contributed by atoms with van der Waals surface area (Å²) in [6.07, 6.45) is -0.171. The largest absolute Gasteiger partial charge is 0.375 e. The fourth-order valence-corrected chi connectivity index (χ4v) is 2.90. The lowest BCUT2D eigenvalue weighted by atomic mass is 10.2. The molecule has 0 aromatic heterocycles. The molecule has 1 amide bonds. The average Bonchev–Trinajstić information content (AvgIpc) is 2.70. The molecule has 0 saturated carbocycles. The van der Waals surface area contributed by atoms with Crippen LogP contribution in [0.3, 0.4) is 0 Å². The summed E-state index contributed by atoms with van der Waals surface area (Å²) < 4.78 is 36.5. The van der Waals surface area contributed by atoms with E-state index >= 15 is 0 Å². The van der Waals surface area contributed by atoms with E-state index in [9.17, 15) is 17.6 Å². The number of rotatable bonds is 3. The average molecular weight is 301 g/mol. The molecule has 0 radical (unpaired) electrons. The van der Waals surface area contributed by atoms with E-state index in [2.05, 4.69) is 0 Å². The summed E-state index contributed by atoms with van der Waals surface area (Å²) in [5.74, 6) is -0.847. The van der Waals surface area contributed by atoms with Gasteiger partial charge in [-0.3, -0.25) is 4.79 Å². The highest BCUT2D eigenvalue weighted by molar-refractivity contribution is 7.89. The van der Waals surface area contributed by atoms with Crippen LogP contribution < -0.4 is 14.9 Å². The molecule has 1 aliphatic heterocycles. The maximum Gasteiger partial charge on any atom is 0.228 e. The number of carbonyl (C=O) groups excluding carboxylic acids is 1. The second kappa shape index (κ2) is 5.02. The van der Waals surface area contributed by atoms with Crippen molar-refractivity contribution in [3.63, 3.8) is 0 Å². The number of sulfonamides is 1. The molecule has 110 valence electrons. The lowest BCUT2D eigenvalue weighted by Gasteiger charge is -2.19. The highest BCUT2D eigenvalue weighted by Gasteiger charge is 2.37. The Kier molecular flexibility index (Phi) is 3.70. The minimum absolute atomic E-state index is 0.0432. The third-order valence-corrected chi connectivity index (χ3v) is 4.52. The van der Waals surface area contributed by atoms with Crippen LogP contribution in [0.5, 0.6) is 0 Å². The molecular weight excluding hydrogens is 285 g/mol. The summed E-state index contributed by atoms with van der Waals surface area (Å²) in [6, 6.07) is 4.35. The van der Waals surface area contributed by atoms with E-state index < -0.39 is 21.1 Å². The number of primary sulfonamides is 1. The molecule has 1 atom stereocenters. The van der Waals surface area contributed by atoms with Crippen LogP contribution in [0.2, 0.25) is 0 Å². The van der Waals surface area contributed by atoms with Gasteiger partial charge in [-0.05, 0) is 18.2 Å². The second-order valence-corrected chi connectivity index (χ2v) is 6.79. The molecule has 0 bridgehead atoms. The van der Waals surface area contributed by atoms with Crippen LogP contribution in [-0.4, -0.2) is 40.2 Å². The van der Waals surface area contributed by atoms with Crippen LogP contribution >= 0.6 is 0 Å². The first-order valence-corrected chi connectivity index (χ1v) is 7.60. The smallest absolute Gasteiger partial charge is 0.228 e. The van der Waals surface area contributed by atoms with Crippen molar-refractivity contribution in [2.24, 2.45) is 5.14 Å². The molecule has 1 aliphatic rings. The quantitative estimate of drug-likeness (QED) is 0.869. The van der Waals surface area contributed by atoms with Gasteiger partial charge in [-0.2, -0.15) is 0 Å². The van der Waals surface area contributed by atoms with E-state index in [4.69, 9.17) is 5.14 Å². The van der Waals surface area contributed by atoms with Gasteiger partial charge in [0, 0.05) is 32.7 Å². The van der Waals surface area contributed by atoms with Crippen molar-refractivity contribution >= 4 is 27.3 Å². The van der Waals surface area contributed by atoms with E-state index in [0.29, 0.717) is 11.4 Å². The Balaban J connectivity index is 2.29. The molecule has 1 aromatic carbocycles. The van der Waals surface area contributed by atoms with Crippen molar-refractivity contribution in [1.82, 2.24) is 0 Å². The third kappa shape index (κ3) is 2.75. The first kappa shape index (κ1) is 14.7. The van der Waals surface area contributed by atoms with E-state index in [1.54, 1.807) is 31.1 Å². The van der Waals surface area contributed by atoms with Gasteiger partial charge in [0.1, 0.15) is 11.1 Å². The maximum atomic E-state index is 13.9. The van der Waals surface area contributed by atoms with Crippen molar-refractivity contribution in [2.45, 2.75) is 11.7 Å². The predicted molar refractivity (Wildman–Crippen MR) is 74.6 cm³/mol. The van der Waals surface area contributed by atoms with Crippen molar-refractivity contribution in [3.05, 3.63) is 24.0 Å². The van der Waals surface area contributed by atoms with Gasteiger partial charge in [-0.15, -0.1) is 0 Å². The Morgan fingerprint density at radius 2 is 2.05 bits per heavy atom. The van der Waals surface area contributed by atoms with Crippen molar-refractivity contribution in [3.8, 4) is 0 Å². The highest BCUT2D eigenvalue weighted by atomic mass is 32.2. The van der Waals surface area contributed by atoms with E-state index in [1.165, 1.54) is 11.0 Å². The molecule has 2 rings (SSSR count). The monoisotopic (exact) mass is 301 g/mol. The van der Waals surface area contributed by atoms with Crippen LogP contribution in [-0.2, 0) is 14.8 Å². The molecule has 1 fully saturated rings.